The van der Waals surface area contributed by atoms with E-state index in [1.165, 1.54) is 42.4 Å². The molecule has 1 aromatic carbocycles. The monoisotopic (exact) mass is 260 g/mol. The smallest absolute Gasteiger partial charge is 0.303 e. The Kier molecular flexibility index (Phi) is 3.31. The van der Waals surface area contributed by atoms with Crippen LogP contribution in [0.3, 0.4) is 0 Å². The number of carboxylic acid groups (broad SMARTS) is 1. The van der Waals surface area contributed by atoms with Gasteiger partial charge in [0.2, 0.25) is 0 Å². The number of aliphatic carboxylic acids is 1. The highest BCUT2D eigenvalue weighted by atomic mass is 16.5. The average molecular weight is 260 g/mol. The van der Waals surface area contributed by atoms with Crippen molar-refractivity contribution in [2.45, 2.75) is 43.9 Å². The van der Waals surface area contributed by atoms with Crippen molar-refractivity contribution >= 4 is 5.97 Å². The number of carboxylic acids is 1. The molecular formula is C16H20O3. The molecule has 0 atom stereocenters. The molecule has 0 aromatic heterocycles. The van der Waals surface area contributed by atoms with Crippen LogP contribution in [-0.4, -0.2) is 24.3 Å². The standard InChI is InChI=1S/C16H20O3/c17-15(18)7-8-16(10-19-11-16)14-6-5-12-3-1-2-4-13(12)9-14/h5-6,9H,1-4,7-8,10-11H2,(H,17,18). The fourth-order valence-corrected chi connectivity index (χ4v) is 3.21. The van der Waals surface area contributed by atoms with Crippen LogP contribution in [0.5, 0.6) is 0 Å². The molecular weight excluding hydrogens is 240 g/mol. The van der Waals surface area contributed by atoms with Gasteiger partial charge < -0.3 is 9.84 Å². The minimum absolute atomic E-state index is 0.0507. The lowest BCUT2D eigenvalue weighted by atomic mass is 9.73. The molecule has 0 radical (unpaired) electrons. The van der Waals surface area contributed by atoms with E-state index in [1.54, 1.807) is 0 Å². The molecule has 0 saturated carbocycles. The maximum Gasteiger partial charge on any atom is 0.303 e. The first-order chi connectivity index (χ1) is 9.20. The second-order valence-corrected chi connectivity index (χ2v) is 5.86. The van der Waals surface area contributed by atoms with Gasteiger partial charge in [-0.3, -0.25) is 4.79 Å². The molecule has 2 aliphatic rings. The number of ether oxygens (including phenoxy) is 1. The summed E-state index contributed by atoms with van der Waals surface area (Å²) in [7, 11) is 0. The Morgan fingerprint density at radius 2 is 1.95 bits per heavy atom. The van der Waals surface area contributed by atoms with Crippen LogP contribution < -0.4 is 0 Å². The minimum Gasteiger partial charge on any atom is -0.481 e. The molecule has 3 heteroatoms. The van der Waals surface area contributed by atoms with Crippen molar-refractivity contribution in [3.8, 4) is 0 Å². The first-order valence-electron chi connectivity index (χ1n) is 7.11. The van der Waals surface area contributed by atoms with Crippen molar-refractivity contribution in [2.75, 3.05) is 13.2 Å². The summed E-state index contributed by atoms with van der Waals surface area (Å²) < 4.78 is 5.38. The number of benzene rings is 1. The Balaban J connectivity index is 1.85. The highest BCUT2D eigenvalue weighted by Crippen LogP contribution is 2.38. The summed E-state index contributed by atoms with van der Waals surface area (Å²) in [5.41, 5.74) is 4.17. The molecule has 3 nitrogen and oxygen atoms in total. The third-order valence-electron chi connectivity index (χ3n) is 4.53. The largest absolute Gasteiger partial charge is 0.481 e. The van der Waals surface area contributed by atoms with Gasteiger partial charge >= 0.3 is 5.97 Å². The summed E-state index contributed by atoms with van der Waals surface area (Å²) in [5.74, 6) is -0.718. The Labute approximate surface area is 113 Å². The van der Waals surface area contributed by atoms with Crippen molar-refractivity contribution in [1.29, 1.82) is 0 Å². The Hall–Kier alpha value is -1.35. The highest BCUT2D eigenvalue weighted by molar-refractivity contribution is 5.67. The predicted octanol–water partition coefficient (Wildman–Crippen LogP) is 2.70. The molecule has 1 aliphatic heterocycles. The van der Waals surface area contributed by atoms with E-state index in [9.17, 15) is 4.79 Å². The zero-order chi connectivity index (χ0) is 13.3. The third kappa shape index (κ3) is 2.39. The van der Waals surface area contributed by atoms with Crippen LogP contribution in [0.25, 0.3) is 0 Å². The number of hydrogen-bond donors (Lipinski definition) is 1. The molecule has 102 valence electrons. The number of aryl methyl sites for hydroxylation is 2. The maximum atomic E-state index is 10.8. The van der Waals surface area contributed by atoms with Gasteiger partial charge in [0.15, 0.2) is 0 Å². The van der Waals surface area contributed by atoms with Crippen LogP contribution >= 0.6 is 0 Å². The maximum absolute atomic E-state index is 10.8. The van der Waals surface area contributed by atoms with Crippen molar-refractivity contribution in [3.05, 3.63) is 34.9 Å². The quantitative estimate of drug-likeness (QED) is 0.905. The number of fused-ring (bicyclic) bond motifs is 1. The molecule has 0 unspecified atom stereocenters. The topological polar surface area (TPSA) is 46.5 Å². The lowest BCUT2D eigenvalue weighted by Crippen LogP contribution is -2.47. The third-order valence-corrected chi connectivity index (χ3v) is 4.53. The van der Waals surface area contributed by atoms with Crippen molar-refractivity contribution < 1.29 is 14.6 Å². The Bertz CT molecular complexity index is 489. The van der Waals surface area contributed by atoms with E-state index in [0.717, 1.165) is 0 Å². The van der Waals surface area contributed by atoms with Crippen molar-refractivity contribution in [2.24, 2.45) is 0 Å². The molecule has 1 saturated heterocycles. The summed E-state index contributed by atoms with van der Waals surface area (Å²) in [4.78, 5) is 10.8. The van der Waals surface area contributed by atoms with E-state index in [0.29, 0.717) is 19.6 Å². The second kappa shape index (κ2) is 4.97. The van der Waals surface area contributed by atoms with E-state index in [2.05, 4.69) is 18.2 Å². The minimum atomic E-state index is -0.718. The normalized spacial score (nSPS) is 20.4. The van der Waals surface area contributed by atoms with Gasteiger partial charge in [0.05, 0.1) is 13.2 Å². The number of carbonyl (C=O) groups is 1. The van der Waals surface area contributed by atoms with Gasteiger partial charge in [-0.2, -0.15) is 0 Å². The first-order valence-corrected chi connectivity index (χ1v) is 7.11. The highest BCUT2D eigenvalue weighted by Gasteiger charge is 2.40. The second-order valence-electron chi connectivity index (χ2n) is 5.86. The van der Waals surface area contributed by atoms with E-state index >= 15 is 0 Å². The first kappa shape index (κ1) is 12.7. The number of hydrogen-bond acceptors (Lipinski definition) is 2. The fourth-order valence-electron chi connectivity index (χ4n) is 3.21. The molecule has 0 spiro atoms. The van der Waals surface area contributed by atoms with Crippen LogP contribution in [0.1, 0.15) is 42.4 Å². The van der Waals surface area contributed by atoms with Crippen LogP contribution in [0.4, 0.5) is 0 Å². The van der Waals surface area contributed by atoms with Crippen molar-refractivity contribution in [3.63, 3.8) is 0 Å². The van der Waals surface area contributed by atoms with Crippen LogP contribution in [0, 0.1) is 0 Å². The summed E-state index contributed by atoms with van der Waals surface area (Å²) in [6.45, 7) is 1.33. The zero-order valence-electron chi connectivity index (χ0n) is 11.2. The molecule has 1 heterocycles. The van der Waals surface area contributed by atoms with Gasteiger partial charge in [0, 0.05) is 11.8 Å². The molecule has 19 heavy (non-hydrogen) atoms. The number of rotatable bonds is 4. The molecule has 0 bridgehead atoms. The Morgan fingerprint density at radius 1 is 1.21 bits per heavy atom. The van der Waals surface area contributed by atoms with Gasteiger partial charge in [0.1, 0.15) is 0 Å². The van der Waals surface area contributed by atoms with E-state index in [4.69, 9.17) is 9.84 Å². The Morgan fingerprint density at radius 3 is 2.58 bits per heavy atom. The average Bonchev–Trinajstić information content (AvgIpc) is 2.37. The molecule has 1 N–H and O–H groups in total. The lowest BCUT2D eigenvalue weighted by Gasteiger charge is -2.42. The van der Waals surface area contributed by atoms with E-state index < -0.39 is 5.97 Å². The molecule has 1 aliphatic carbocycles. The molecule has 1 aromatic rings. The fraction of sp³-hybridized carbons (Fsp3) is 0.562. The van der Waals surface area contributed by atoms with Crippen molar-refractivity contribution in [1.82, 2.24) is 0 Å². The molecule has 1 fully saturated rings. The summed E-state index contributed by atoms with van der Waals surface area (Å²) in [6.07, 6.45) is 5.82. The molecule has 0 amide bonds. The lowest BCUT2D eigenvalue weighted by molar-refractivity contribution is -0.139. The van der Waals surface area contributed by atoms with Gasteiger partial charge in [-0.25, -0.2) is 0 Å². The zero-order valence-corrected chi connectivity index (χ0v) is 11.2. The summed E-state index contributed by atoms with van der Waals surface area (Å²) in [5, 5.41) is 8.89. The van der Waals surface area contributed by atoms with Gasteiger partial charge in [-0.1, -0.05) is 18.2 Å². The van der Waals surface area contributed by atoms with Crippen LogP contribution in [-0.2, 0) is 27.8 Å². The van der Waals surface area contributed by atoms with Crippen LogP contribution in [0.15, 0.2) is 18.2 Å². The summed E-state index contributed by atoms with van der Waals surface area (Å²) in [6, 6.07) is 6.73. The van der Waals surface area contributed by atoms with Gasteiger partial charge in [-0.05, 0) is 48.8 Å². The van der Waals surface area contributed by atoms with E-state index in [-0.39, 0.29) is 11.8 Å². The summed E-state index contributed by atoms with van der Waals surface area (Å²) >= 11 is 0. The van der Waals surface area contributed by atoms with Gasteiger partial charge in [-0.15, -0.1) is 0 Å². The van der Waals surface area contributed by atoms with E-state index in [1.807, 2.05) is 0 Å². The predicted molar refractivity (Wildman–Crippen MR) is 72.5 cm³/mol. The SMILES string of the molecule is O=C(O)CCC1(c2ccc3c(c2)CCCC3)COC1. The van der Waals surface area contributed by atoms with Crippen LogP contribution in [0.2, 0.25) is 0 Å². The van der Waals surface area contributed by atoms with Gasteiger partial charge in [0.25, 0.3) is 0 Å². The molecule has 3 rings (SSSR count).